The number of hydrogen-bond acceptors (Lipinski definition) is 5. The molecule has 2 aromatic carbocycles. The van der Waals surface area contributed by atoms with Gasteiger partial charge in [-0.25, -0.2) is 4.98 Å². The Morgan fingerprint density at radius 1 is 1.22 bits per heavy atom. The number of carbonyl (C=O) groups is 2. The zero-order valence-electron chi connectivity index (χ0n) is 14.9. The van der Waals surface area contributed by atoms with Gasteiger partial charge in [0.1, 0.15) is 17.5 Å². The molecule has 0 saturated heterocycles. The molecule has 0 unspecified atom stereocenters. The molecule has 0 radical (unpaired) electrons. The third kappa shape index (κ3) is 2.95. The van der Waals surface area contributed by atoms with Crippen molar-refractivity contribution in [3.05, 3.63) is 42.5 Å². The summed E-state index contributed by atoms with van der Waals surface area (Å²) in [5.41, 5.74) is 1.97. The summed E-state index contributed by atoms with van der Waals surface area (Å²) in [5.74, 6) is 0.864. The highest BCUT2D eigenvalue weighted by Gasteiger charge is 2.33. The Bertz CT molecular complexity index is 1040. The molecule has 8 heteroatoms. The number of rotatable bonds is 4. The molecular formula is C19H18N4O4. The van der Waals surface area contributed by atoms with Crippen LogP contribution in [0.2, 0.25) is 0 Å². The van der Waals surface area contributed by atoms with E-state index in [1.807, 2.05) is 24.3 Å². The third-order valence-corrected chi connectivity index (χ3v) is 4.50. The van der Waals surface area contributed by atoms with Crippen LogP contribution in [0.5, 0.6) is 11.5 Å². The van der Waals surface area contributed by atoms with Crippen LogP contribution >= 0.6 is 0 Å². The fraction of sp³-hybridized carbons (Fsp3) is 0.211. The van der Waals surface area contributed by atoms with Crippen LogP contribution in [0.25, 0.3) is 11.0 Å². The lowest BCUT2D eigenvalue weighted by Crippen LogP contribution is -2.35. The van der Waals surface area contributed by atoms with Crippen LogP contribution in [0.4, 0.5) is 11.6 Å². The minimum atomic E-state index is -0.725. The number of ether oxygens (including phenoxy) is 2. The molecule has 1 aliphatic heterocycles. The molecular weight excluding hydrogens is 348 g/mol. The summed E-state index contributed by atoms with van der Waals surface area (Å²) in [4.78, 5) is 29.6. The van der Waals surface area contributed by atoms with E-state index in [1.54, 1.807) is 29.9 Å². The summed E-state index contributed by atoms with van der Waals surface area (Å²) >= 11 is 0. The second-order valence-corrected chi connectivity index (χ2v) is 6.12. The standard InChI is InChI=1S/C19H18N4O4/c1-26-11-7-8-16(27-2)13(9-11)20-18(25)15-10-17(24)22-19-21-12-5-3-4-6-14(12)23(15)19/h3-9,15H,10H2,1-2H3,(H,20,25)(H,21,22,24)/t15-/m0/s1. The molecule has 0 aliphatic carbocycles. The highest BCUT2D eigenvalue weighted by molar-refractivity contribution is 6.03. The van der Waals surface area contributed by atoms with Gasteiger partial charge in [0.05, 0.1) is 37.4 Å². The van der Waals surface area contributed by atoms with E-state index in [4.69, 9.17) is 9.47 Å². The number of para-hydroxylation sites is 2. The summed E-state index contributed by atoms with van der Waals surface area (Å²) < 4.78 is 12.3. The Morgan fingerprint density at radius 2 is 2.04 bits per heavy atom. The van der Waals surface area contributed by atoms with Gasteiger partial charge in [-0.1, -0.05) is 12.1 Å². The van der Waals surface area contributed by atoms with Gasteiger partial charge in [-0.3, -0.25) is 19.5 Å². The Kier molecular flexibility index (Phi) is 4.15. The number of imidazole rings is 1. The summed E-state index contributed by atoms with van der Waals surface area (Å²) in [7, 11) is 3.07. The first kappa shape index (κ1) is 16.9. The van der Waals surface area contributed by atoms with Gasteiger partial charge >= 0.3 is 0 Å². The lowest BCUT2D eigenvalue weighted by molar-refractivity contribution is -0.124. The molecule has 1 aliphatic rings. The molecule has 2 N–H and O–H groups in total. The molecule has 0 spiro atoms. The first-order valence-corrected chi connectivity index (χ1v) is 8.40. The first-order chi connectivity index (χ1) is 13.1. The van der Waals surface area contributed by atoms with Crippen LogP contribution in [-0.2, 0) is 9.59 Å². The van der Waals surface area contributed by atoms with Crippen molar-refractivity contribution in [2.24, 2.45) is 0 Å². The predicted octanol–water partition coefficient (Wildman–Crippen LogP) is 2.58. The second-order valence-electron chi connectivity index (χ2n) is 6.12. The quantitative estimate of drug-likeness (QED) is 0.740. The van der Waals surface area contributed by atoms with E-state index in [-0.39, 0.29) is 18.2 Å². The maximum Gasteiger partial charge on any atom is 0.248 e. The number of fused-ring (bicyclic) bond motifs is 3. The van der Waals surface area contributed by atoms with Crippen LogP contribution in [0.15, 0.2) is 42.5 Å². The van der Waals surface area contributed by atoms with Crippen LogP contribution in [-0.4, -0.2) is 35.6 Å². The predicted molar refractivity (Wildman–Crippen MR) is 100 cm³/mol. The van der Waals surface area contributed by atoms with Gasteiger partial charge in [-0.2, -0.15) is 0 Å². The van der Waals surface area contributed by atoms with E-state index < -0.39 is 6.04 Å². The molecule has 27 heavy (non-hydrogen) atoms. The van der Waals surface area contributed by atoms with Crippen molar-refractivity contribution < 1.29 is 19.1 Å². The van der Waals surface area contributed by atoms with Gasteiger partial charge in [0, 0.05) is 6.07 Å². The number of nitrogens with one attached hydrogen (secondary N) is 2. The fourth-order valence-electron chi connectivity index (χ4n) is 3.23. The lowest BCUT2D eigenvalue weighted by Gasteiger charge is -2.25. The molecule has 1 atom stereocenters. The molecule has 8 nitrogen and oxygen atoms in total. The largest absolute Gasteiger partial charge is 0.497 e. The fourth-order valence-corrected chi connectivity index (χ4v) is 3.23. The average Bonchev–Trinajstić information content (AvgIpc) is 3.05. The van der Waals surface area contributed by atoms with Crippen molar-refractivity contribution in [2.75, 3.05) is 24.9 Å². The van der Waals surface area contributed by atoms with Crippen LogP contribution in [0, 0.1) is 0 Å². The Morgan fingerprint density at radius 3 is 2.81 bits per heavy atom. The van der Waals surface area contributed by atoms with Crippen molar-refractivity contribution in [3.8, 4) is 11.5 Å². The van der Waals surface area contributed by atoms with Crippen LogP contribution in [0.3, 0.4) is 0 Å². The molecule has 4 rings (SSSR count). The van der Waals surface area contributed by atoms with Gasteiger partial charge in [0.2, 0.25) is 17.8 Å². The zero-order valence-corrected chi connectivity index (χ0v) is 14.9. The molecule has 0 saturated carbocycles. The van der Waals surface area contributed by atoms with E-state index >= 15 is 0 Å². The molecule has 0 bridgehead atoms. The average molecular weight is 366 g/mol. The summed E-state index contributed by atoms with van der Waals surface area (Å²) in [6.07, 6.45) is 0.0193. The summed E-state index contributed by atoms with van der Waals surface area (Å²) in [6.45, 7) is 0. The normalized spacial score (nSPS) is 15.8. The molecule has 1 aromatic heterocycles. The number of methoxy groups -OCH3 is 2. The zero-order chi connectivity index (χ0) is 19.0. The Labute approximate surface area is 155 Å². The van der Waals surface area contributed by atoms with E-state index in [9.17, 15) is 9.59 Å². The van der Waals surface area contributed by atoms with Gasteiger partial charge in [0.15, 0.2) is 0 Å². The van der Waals surface area contributed by atoms with Crippen molar-refractivity contribution in [1.29, 1.82) is 0 Å². The van der Waals surface area contributed by atoms with Crippen molar-refractivity contribution in [2.45, 2.75) is 12.5 Å². The van der Waals surface area contributed by atoms with Crippen molar-refractivity contribution >= 4 is 34.5 Å². The number of aromatic nitrogens is 2. The maximum absolute atomic E-state index is 13.0. The monoisotopic (exact) mass is 366 g/mol. The third-order valence-electron chi connectivity index (χ3n) is 4.50. The number of carbonyl (C=O) groups excluding carboxylic acids is 2. The van der Waals surface area contributed by atoms with E-state index in [2.05, 4.69) is 15.6 Å². The van der Waals surface area contributed by atoms with Crippen molar-refractivity contribution in [1.82, 2.24) is 9.55 Å². The smallest absolute Gasteiger partial charge is 0.248 e. The summed E-state index contributed by atoms with van der Waals surface area (Å²) in [6, 6.07) is 11.8. The minimum absolute atomic E-state index is 0.0193. The number of benzene rings is 2. The van der Waals surface area contributed by atoms with Crippen LogP contribution < -0.4 is 20.1 Å². The number of nitrogens with zero attached hydrogens (tertiary/aromatic N) is 2. The van der Waals surface area contributed by atoms with Gasteiger partial charge in [0.25, 0.3) is 0 Å². The van der Waals surface area contributed by atoms with Gasteiger partial charge < -0.3 is 14.8 Å². The number of amides is 2. The van der Waals surface area contributed by atoms with E-state index in [1.165, 1.54) is 7.11 Å². The SMILES string of the molecule is COc1ccc(OC)c(NC(=O)[C@@H]2CC(=O)Nc3nc4ccccc4n32)c1. The molecule has 0 fully saturated rings. The topological polar surface area (TPSA) is 94.5 Å². The first-order valence-electron chi connectivity index (χ1n) is 8.40. The Balaban J connectivity index is 1.72. The number of hydrogen-bond donors (Lipinski definition) is 2. The number of anilines is 2. The molecule has 2 heterocycles. The van der Waals surface area contributed by atoms with Gasteiger partial charge in [-0.05, 0) is 24.3 Å². The van der Waals surface area contributed by atoms with Gasteiger partial charge in [-0.15, -0.1) is 0 Å². The highest BCUT2D eigenvalue weighted by Crippen LogP contribution is 2.33. The summed E-state index contributed by atoms with van der Waals surface area (Å²) in [5, 5.41) is 5.58. The minimum Gasteiger partial charge on any atom is -0.497 e. The second kappa shape index (κ2) is 6.64. The van der Waals surface area contributed by atoms with Crippen LogP contribution in [0.1, 0.15) is 12.5 Å². The Hall–Kier alpha value is -3.55. The highest BCUT2D eigenvalue weighted by atomic mass is 16.5. The molecule has 138 valence electrons. The van der Waals surface area contributed by atoms with E-state index in [0.717, 1.165) is 5.52 Å². The van der Waals surface area contributed by atoms with E-state index in [0.29, 0.717) is 28.7 Å². The maximum atomic E-state index is 13.0. The molecule has 3 aromatic rings. The van der Waals surface area contributed by atoms with Crippen molar-refractivity contribution in [3.63, 3.8) is 0 Å². The molecule has 2 amide bonds. The lowest BCUT2D eigenvalue weighted by atomic mass is 10.1.